The van der Waals surface area contributed by atoms with Crippen LogP contribution in [0.25, 0.3) is 0 Å². The lowest BCUT2D eigenvalue weighted by Gasteiger charge is -2.26. The monoisotopic (exact) mass is 271 g/mol. The third kappa shape index (κ3) is 6.78. The zero-order valence-electron chi connectivity index (χ0n) is 12.7. The van der Waals surface area contributed by atoms with Crippen LogP contribution in [0.1, 0.15) is 33.1 Å². The van der Waals surface area contributed by atoms with Crippen LogP contribution in [0, 0.1) is 5.92 Å². The molecule has 2 amide bonds. The standard InChI is InChI=1S/C14H29N3O2/c1-11(2)8-12(17(3)4)9-15-14(18)16-10-13-6-5-7-19-13/h11-13H,5-10H2,1-4H3,(H2,15,16,18)/t12-,13-/m0/s1. The Labute approximate surface area is 117 Å². The number of rotatable bonds is 7. The predicted molar refractivity (Wildman–Crippen MR) is 77.3 cm³/mol. The van der Waals surface area contributed by atoms with Gasteiger partial charge in [-0.15, -0.1) is 0 Å². The van der Waals surface area contributed by atoms with Gasteiger partial charge in [0.2, 0.25) is 0 Å². The average Bonchev–Trinajstić information content (AvgIpc) is 2.84. The van der Waals surface area contributed by atoms with E-state index >= 15 is 0 Å². The molecule has 0 aromatic carbocycles. The molecule has 1 fully saturated rings. The Morgan fingerprint density at radius 3 is 2.63 bits per heavy atom. The normalized spacial score (nSPS) is 20.8. The molecule has 0 aliphatic carbocycles. The van der Waals surface area contributed by atoms with Crippen LogP contribution in [0.3, 0.4) is 0 Å². The van der Waals surface area contributed by atoms with Crippen molar-refractivity contribution in [1.82, 2.24) is 15.5 Å². The second kappa shape index (κ2) is 8.38. The lowest BCUT2D eigenvalue weighted by atomic mass is 10.0. The number of hydrogen-bond donors (Lipinski definition) is 2. The van der Waals surface area contributed by atoms with E-state index in [9.17, 15) is 4.79 Å². The Morgan fingerprint density at radius 1 is 1.37 bits per heavy atom. The van der Waals surface area contributed by atoms with Gasteiger partial charge in [0.05, 0.1) is 6.10 Å². The Balaban J connectivity index is 2.19. The quantitative estimate of drug-likeness (QED) is 0.737. The molecule has 1 heterocycles. The summed E-state index contributed by atoms with van der Waals surface area (Å²) in [7, 11) is 4.11. The maximum Gasteiger partial charge on any atom is 0.314 e. The Hall–Kier alpha value is -0.810. The van der Waals surface area contributed by atoms with Crippen molar-refractivity contribution in [3.63, 3.8) is 0 Å². The van der Waals surface area contributed by atoms with Crippen molar-refractivity contribution in [2.75, 3.05) is 33.8 Å². The Kier molecular flexibility index (Phi) is 7.16. The van der Waals surface area contributed by atoms with Crippen molar-refractivity contribution in [3.05, 3.63) is 0 Å². The molecule has 0 saturated carbocycles. The number of urea groups is 1. The summed E-state index contributed by atoms with van der Waals surface area (Å²) in [5.74, 6) is 0.629. The summed E-state index contributed by atoms with van der Waals surface area (Å²) in [6.07, 6.45) is 3.43. The average molecular weight is 271 g/mol. The molecule has 19 heavy (non-hydrogen) atoms. The minimum absolute atomic E-state index is 0.0916. The summed E-state index contributed by atoms with van der Waals surface area (Å²) in [6, 6.07) is 0.291. The Bertz CT molecular complexity index is 263. The second-order valence-corrected chi connectivity index (χ2v) is 5.97. The van der Waals surface area contributed by atoms with Crippen LogP contribution in [0.4, 0.5) is 4.79 Å². The van der Waals surface area contributed by atoms with Crippen molar-refractivity contribution in [3.8, 4) is 0 Å². The summed E-state index contributed by atoms with van der Waals surface area (Å²) in [5.41, 5.74) is 0. The second-order valence-electron chi connectivity index (χ2n) is 5.97. The van der Waals surface area contributed by atoms with Crippen molar-refractivity contribution in [2.45, 2.75) is 45.3 Å². The van der Waals surface area contributed by atoms with E-state index in [0.717, 1.165) is 25.9 Å². The summed E-state index contributed by atoms with van der Waals surface area (Å²) in [4.78, 5) is 13.9. The molecule has 0 aromatic heterocycles. The lowest BCUT2D eigenvalue weighted by Crippen LogP contribution is -2.46. The van der Waals surface area contributed by atoms with E-state index in [1.807, 2.05) is 0 Å². The SMILES string of the molecule is CC(C)C[C@@H](CNC(=O)NC[C@@H]1CCCO1)N(C)C. The molecule has 1 saturated heterocycles. The van der Waals surface area contributed by atoms with E-state index < -0.39 is 0 Å². The molecule has 0 radical (unpaired) electrons. The number of likely N-dealkylation sites (N-methyl/N-ethyl adjacent to an activating group) is 1. The maximum atomic E-state index is 11.7. The first kappa shape index (κ1) is 16.2. The van der Waals surface area contributed by atoms with Crippen LogP contribution in [0.2, 0.25) is 0 Å². The molecule has 0 aromatic rings. The van der Waals surface area contributed by atoms with E-state index in [0.29, 0.717) is 25.0 Å². The van der Waals surface area contributed by atoms with Gasteiger partial charge >= 0.3 is 6.03 Å². The van der Waals surface area contributed by atoms with Crippen LogP contribution in [0.5, 0.6) is 0 Å². The lowest BCUT2D eigenvalue weighted by molar-refractivity contribution is 0.111. The molecule has 5 nitrogen and oxygen atoms in total. The van der Waals surface area contributed by atoms with Gasteiger partial charge in [-0.2, -0.15) is 0 Å². The first-order valence-electron chi connectivity index (χ1n) is 7.28. The third-order valence-electron chi connectivity index (χ3n) is 3.49. The number of nitrogens with one attached hydrogen (secondary N) is 2. The number of amides is 2. The van der Waals surface area contributed by atoms with Gasteiger partial charge in [-0.25, -0.2) is 4.79 Å². The molecule has 0 unspecified atom stereocenters. The van der Waals surface area contributed by atoms with Crippen LogP contribution in [0.15, 0.2) is 0 Å². The van der Waals surface area contributed by atoms with E-state index in [-0.39, 0.29) is 12.1 Å². The van der Waals surface area contributed by atoms with Gasteiger partial charge < -0.3 is 20.3 Å². The number of hydrogen-bond acceptors (Lipinski definition) is 3. The van der Waals surface area contributed by atoms with E-state index in [1.165, 1.54) is 0 Å². The summed E-state index contributed by atoms with van der Waals surface area (Å²) < 4.78 is 5.47. The molecular formula is C14H29N3O2. The molecular weight excluding hydrogens is 242 g/mol. The topological polar surface area (TPSA) is 53.6 Å². The van der Waals surface area contributed by atoms with Crippen LogP contribution < -0.4 is 10.6 Å². The molecule has 0 bridgehead atoms. The van der Waals surface area contributed by atoms with Gasteiger partial charge in [0.15, 0.2) is 0 Å². The van der Waals surface area contributed by atoms with Gasteiger partial charge in [-0.05, 0) is 39.3 Å². The smallest absolute Gasteiger partial charge is 0.314 e. The fraction of sp³-hybridized carbons (Fsp3) is 0.929. The first-order valence-corrected chi connectivity index (χ1v) is 7.28. The molecule has 1 aliphatic rings. The van der Waals surface area contributed by atoms with Crippen molar-refractivity contribution in [2.24, 2.45) is 5.92 Å². The predicted octanol–water partition coefficient (Wildman–Crippen LogP) is 1.44. The van der Waals surface area contributed by atoms with Gasteiger partial charge in [-0.3, -0.25) is 0 Å². The zero-order chi connectivity index (χ0) is 14.3. The largest absolute Gasteiger partial charge is 0.376 e. The fourth-order valence-corrected chi connectivity index (χ4v) is 2.31. The molecule has 2 N–H and O–H groups in total. The number of carbonyl (C=O) groups is 1. The highest BCUT2D eigenvalue weighted by molar-refractivity contribution is 5.73. The zero-order valence-corrected chi connectivity index (χ0v) is 12.7. The van der Waals surface area contributed by atoms with Gasteiger partial charge in [0, 0.05) is 25.7 Å². The maximum absolute atomic E-state index is 11.7. The molecule has 0 spiro atoms. The molecule has 1 aliphatic heterocycles. The molecule has 112 valence electrons. The minimum atomic E-state index is -0.0916. The van der Waals surface area contributed by atoms with Crippen molar-refractivity contribution in [1.29, 1.82) is 0 Å². The van der Waals surface area contributed by atoms with Gasteiger partial charge in [0.25, 0.3) is 0 Å². The van der Waals surface area contributed by atoms with Gasteiger partial charge in [-0.1, -0.05) is 13.8 Å². The first-order chi connectivity index (χ1) is 8.99. The Morgan fingerprint density at radius 2 is 2.11 bits per heavy atom. The van der Waals surface area contributed by atoms with Crippen molar-refractivity contribution < 1.29 is 9.53 Å². The van der Waals surface area contributed by atoms with E-state index in [1.54, 1.807) is 0 Å². The van der Waals surface area contributed by atoms with Crippen LogP contribution in [-0.4, -0.2) is 56.9 Å². The van der Waals surface area contributed by atoms with Crippen LogP contribution in [-0.2, 0) is 4.74 Å². The highest BCUT2D eigenvalue weighted by atomic mass is 16.5. The van der Waals surface area contributed by atoms with E-state index in [2.05, 4.69) is 43.5 Å². The highest BCUT2D eigenvalue weighted by Crippen LogP contribution is 2.10. The molecule has 5 heteroatoms. The highest BCUT2D eigenvalue weighted by Gasteiger charge is 2.17. The van der Waals surface area contributed by atoms with Crippen molar-refractivity contribution >= 4 is 6.03 Å². The minimum Gasteiger partial charge on any atom is -0.376 e. The van der Waals surface area contributed by atoms with E-state index in [4.69, 9.17) is 4.74 Å². The van der Waals surface area contributed by atoms with Gasteiger partial charge in [0.1, 0.15) is 0 Å². The summed E-state index contributed by atoms with van der Waals surface area (Å²) in [6.45, 7) is 6.53. The number of ether oxygens (including phenoxy) is 1. The number of carbonyl (C=O) groups excluding carboxylic acids is 1. The van der Waals surface area contributed by atoms with Crippen LogP contribution >= 0.6 is 0 Å². The molecule has 1 rings (SSSR count). The summed E-state index contributed by atoms with van der Waals surface area (Å²) in [5, 5.41) is 5.82. The fourth-order valence-electron chi connectivity index (χ4n) is 2.31. The third-order valence-corrected chi connectivity index (χ3v) is 3.49. The molecule has 2 atom stereocenters. The summed E-state index contributed by atoms with van der Waals surface area (Å²) >= 11 is 0. The number of nitrogens with zero attached hydrogens (tertiary/aromatic N) is 1.